The molecule has 0 fully saturated rings. The summed E-state index contributed by atoms with van der Waals surface area (Å²) in [6.45, 7) is 6.87. The van der Waals surface area contributed by atoms with Crippen LogP contribution in [-0.4, -0.2) is 6.54 Å². The standard InChI is InChI=1S/C15H20Cl2N2/c1-11(13-6-5-12(16)9-14(13)17)19-8-4-7-15(2,3)10-18/h5-6,9,11,19H,4,7-8H2,1-3H3. The van der Waals surface area contributed by atoms with Crippen molar-refractivity contribution in [2.75, 3.05) is 6.54 Å². The summed E-state index contributed by atoms with van der Waals surface area (Å²) in [6.07, 6.45) is 1.85. The maximum Gasteiger partial charge on any atom is 0.0683 e. The van der Waals surface area contributed by atoms with Crippen LogP contribution in [0.5, 0.6) is 0 Å². The van der Waals surface area contributed by atoms with Crippen LogP contribution >= 0.6 is 23.2 Å². The average Bonchev–Trinajstić information content (AvgIpc) is 2.34. The molecule has 4 heteroatoms. The predicted octanol–water partition coefficient (Wildman–Crippen LogP) is 4.97. The first kappa shape index (κ1) is 16.3. The molecule has 1 rings (SSSR count). The number of halogens is 2. The summed E-state index contributed by atoms with van der Waals surface area (Å²) in [5.41, 5.74) is 0.800. The Morgan fingerprint density at radius 3 is 2.63 bits per heavy atom. The minimum Gasteiger partial charge on any atom is -0.310 e. The fourth-order valence-corrected chi connectivity index (χ4v) is 2.44. The summed E-state index contributed by atoms with van der Waals surface area (Å²) < 4.78 is 0. The molecule has 0 aliphatic carbocycles. The average molecular weight is 299 g/mol. The van der Waals surface area contributed by atoms with E-state index in [1.54, 1.807) is 6.07 Å². The lowest BCUT2D eigenvalue weighted by Gasteiger charge is -2.18. The van der Waals surface area contributed by atoms with Crippen LogP contribution < -0.4 is 5.32 Å². The van der Waals surface area contributed by atoms with Gasteiger partial charge in [-0.1, -0.05) is 29.3 Å². The summed E-state index contributed by atoms with van der Waals surface area (Å²) in [6, 6.07) is 8.04. The van der Waals surface area contributed by atoms with Gasteiger partial charge in [0, 0.05) is 16.1 Å². The van der Waals surface area contributed by atoms with Crippen molar-refractivity contribution in [1.29, 1.82) is 5.26 Å². The Morgan fingerprint density at radius 1 is 1.37 bits per heavy atom. The smallest absolute Gasteiger partial charge is 0.0683 e. The van der Waals surface area contributed by atoms with E-state index in [-0.39, 0.29) is 11.5 Å². The molecule has 0 radical (unpaired) electrons. The number of hydrogen-bond acceptors (Lipinski definition) is 2. The molecule has 1 aromatic rings. The van der Waals surface area contributed by atoms with Gasteiger partial charge in [0.15, 0.2) is 0 Å². The van der Waals surface area contributed by atoms with Crippen molar-refractivity contribution in [1.82, 2.24) is 5.32 Å². The van der Waals surface area contributed by atoms with Gasteiger partial charge in [0.2, 0.25) is 0 Å². The van der Waals surface area contributed by atoms with Crippen LogP contribution in [0.25, 0.3) is 0 Å². The predicted molar refractivity (Wildman–Crippen MR) is 81.5 cm³/mol. The van der Waals surface area contributed by atoms with Crippen molar-refractivity contribution in [2.45, 2.75) is 39.7 Å². The summed E-state index contributed by atoms with van der Waals surface area (Å²) in [4.78, 5) is 0. The molecule has 104 valence electrons. The van der Waals surface area contributed by atoms with E-state index in [1.165, 1.54) is 0 Å². The normalized spacial score (nSPS) is 13.1. The summed E-state index contributed by atoms with van der Waals surface area (Å²) >= 11 is 12.0. The van der Waals surface area contributed by atoms with Crippen molar-refractivity contribution in [3.8, 4) is 6.07 Å². The second-order valence-corrected chi connectivity index (χ2v) is 6.28. The highest BCUT2D eigenvalue weighted by Crippen LogP contribution is 2.26. The third-order valence-electron chi connectivity index (χ3n) is 3.16. The molecular weight excluding hydrogens is 279 g/mol. The van der Waals surface area contributed by atoms with Crippen molar-refractivity contribution < 1.29 is 0 Å². The van der Waals surface area contributed by atoms with Crippen LogP contribution in [0.1, 0.15) is 45.2 Å². The fourth-order valence-electron chi connectivity index (χ4n) is 1.87. The Kier molecular flexibility index (Phi) is 6.13. The largest absolute Gasteiger partial charge is 0.310 e. The molecule has 0 bridgehead atoms. The molecule has 19 heavy (non-hydrogen) atoms. The Hall–Kier alpha value is -0.750. The van der Waals surface area contributed by atoms with E-state index in [0.717, 1.165) is 24.9 Å². The number of nitrogens with one attached hydrogen (secondary N) is 1. The molecule has 0 aromatic heterocycles. The molecule has 0 aliphatic rings. The molecule has 0 saturated carbocycles. The molecule has 0 spiro atoms. The number of hydrogen-bond donors (Lipinski definition) is 1. The SMILES string of the molecule is CC(NCCCC(C)(C)C#N)c1ccc(Cl)cc1Cl. The summed E-state index contributed by atoms with van der Waals surface area (Å²) in [5.74, 6) is 0. The first-order chi connectivity index (χ1) is 8.85. The van der Waals surface area contributed by atoms with Gasteiger partial charge in [-0.25, -0.2) is 0 Å². The molecular formula is C15H20Cl2N2. The first-order valence-electron chi connectivity index (χ1n) is 6.45. The molecule has 0 amide bonds. The van der Waals surface area contributed by atoms with Gasteiger partial charge in [-0.3, -0.25) is 0 Å². The van der Waals surface area contributed by atoms with Crippen molar-refractivity contribution >= 4 is 23.2 Å². The number of rotatable bonds is 6. The molecule has 0 aliphatic heterocycles. The van der Waals surface area contributed by atoms with Gasteiger partial charge < -0.3 is 5.32 Å². The maximum atomic E-state index is 8.94. The third kappa shape index (κ3) is 5.40. The zero-order valence-electron chi connectivity index (χ0n) is 11.6. The summed E-state index contributed by atoms with van der Waals surface area (Å²) in [7, 11) is 0. The Bertz CT molecular complexity index is 464. The minimum absolute atomic E-state index is 0.176. The molecule has 0 heterocycles. The van der Waals surface area contributed by atoms with Crippen LogP contribution in [0, 0.1) is 16.7 Å². The molecule has 1 aromatic carbocycles. The van der Waals surface area contributed by atoms with Crippen LogP contribution in [-0.2, 0) is 0 Å². The molecule has 2 nitrogen and oxygen atoms in total. The Morgan fingerprint density at radius 2 is 2.05 bits per heavy atom. The first-order valence-corrected chi connectivity index (χ1v) is 7.21. The molecule has 1 unspecified atom stereocenters. The van der Waals surface area contributed by atoms with E-state index in [0.29, 0.717) is 10.0 Å². The zero-order valence-corrected chi connectivity index (χ0v) is 13.1. The fraction of sp³-hybridized carbons (Fsp3) is 0.533. The van der Waals surface area contributed by atoms with Gasteiger partial charge in [-0.05, 0) is 57.9 Å². The third-order valence-corrected chi connectivity index (χ3v) is 3.72. The Balaban J connectivity index is 2.44. The zero-order chi connectivity index (χ0) is 14.5. The van der Waals surface area contributed by atoms with Gasteiger partial charge in [0.1, 0.15) is 0 Å². The highest BCUT2D eigenvalue weighted by atomic mass is 35.5. The van der Waals surface area contributed by atoms with E-state index in [2.05, 4.69) is 18.3 Å². The van der Waals surface area contributed by atoms with E-state index >= 15 is 0 Å². The van der Waals surface area contributed by atoms with Crippen LogP contribution in [0.4, 0.5) is 0 Å². The second-order valence-electron chi connectivity index (χ2n) is 5.44. The minimum atomic E-state index is -0.247. The van der Waals surface area contributed by atoms with E-state index in [4.69, 9.17) is 28.5 Å². The van der Waals surface area contributed by atoms with Gasteiger partial charge in [0.25, 0.3) is 0 Å². The van der Waals surface area contributed by atoms with Crippen molar-refractivity contribution in [2.24, 2.45) is 5.41 Å². The monoisotopic (exact) mass is 298 g/mol. The van der Waals surface area contributed by atoms with Gasteiger partial charge >= 0.3 is 0 Å². The van der Waals surface area contributed by atoms with Crippen molar-refractivity contribution in [3.05, 3.63) is 33.8 Å². The number of benzene rings is 1. The lowest BCUT2D eigenvalue weighted by atomic mass is 9.90. The van der Waals surface area contributed by atoms with Gasteiger partial charge in [-0.2, -0.15) is 5.26 Å². The molecule has 1 N–H and O–H groups in total. The maximum absolute atomic E-state index is 8.94. The van der Waals surface area contributed by atoms with Crippen LogP contribution in [0.2, 0.25) is 10.0 Å². The highest BCUT2D eigenvalue weighted by molar-refractivity contribution is 6.35. The summed E-state index contributed by atoms with van der Waals surface area (Å²) in [5, 5.41) is 13.7. The Labute approximate surface area is 125 Å². The van der Waals surface area contributed by atoms with Crippen molar-refractivity contribution in [3.63, 3.8) is 0 Å². The van der Waals surface area contributed by atoms with E-state index in [9.17, 15) is 0 Å². The van der Waals surface area contributed by atoms with Crippen LogP contribution in [0.3, 0.4) is 0 Å². The number of nitrogens with zero attached hydrogens (tertiary/aromatic N) is 1. The van der Waals surface area contributed by atoms with E-state index < -0.39 is 0 Å². The second kappa shape index (κ2) is 7.14. The van der Waals surface area contributed by atoms with E-state index in [1.807, 2.05) is 26.0 Å². The molecule has 0 saturated heterocycles. The quantitative estimate of drug-likeness (QED) is 0.752. The lowest BCUT2D eigenvalue weighted by molar-refractivity contribution is 0.417. The van der Waals surface area contributed by atoms with Gasteiger partial charge in [0.05, 0.1) is 11.5 Å². The van der Waals surface area contributed by atoms with Crippen LogP contribution in [0.15, 0.2) is 18.2 Å². The molecule has 1 atom stereocenters. The topological polar surface area (TPSA) is 35.8 Å². The number of nitriles is 1. The highest BCUT2D eigenvalue weighted by Gasteiger charge is 2.16. The van der Waals surface area contributed by atoms with Gasteiger partial charge in [-0.15, -0.1) is 0 Å². The lowest BCUT2D eigenvalue weighted by Crippen LogP contribution is -2.21.